The van der Waals surface area contributed by atoms with Gasteiger partial charge in [-0.3, -0.25) is 9.78 Å². The number of rotatable bonds is 8. The molecule has 0 fully saturated rings. The van der Waals surface area contributed by atoms with E-state index in [1.807, 2.05) is 36.4 Å². The molecule has 3 rings (SSSR count). The zero-order valence-corrected chi connectivity index (χ0v) is 17.5. The predicted molar refractivity (Wildman–Crippen MR) is 116 cm³/mol. The highest BCUT2D eigenvalue weighted by molar-refractivity contribution is 7.91. The summed E-state index contributed by atoms with van der Waals surface area (Å²) in [6.07, 6.45) is 4.72. The van der Waals surface area contributed by atoms with Crippen LogP contribution in [0.25, 0.3) is 0 Å². The molecule has 0 unspecified atom stereocenters. The van der Waals surface area contributed by atoms with Crippen LogP contribution in [0.5, 0.6) is 0 Å². The average Bonchev–Trinajstić information content (AvgIpc) is 2.70. The van der Waals surface area contributed by atoms with Gasteiger partial charge in [0.1, 0.15) is 0 Å². The first-order chi connectivity index (χ1) is 13.8. The largest absolute Gasteiger partial charge is 0.294 e. The van der Waals surface area contributed by atoms with Crippen LogP contribution in [0.1, 0.15) is 46.5 Å². The lowest BCUT2D eigenvalue weighted by atomic mass is 9.99. The van der Waals surface area contributed by atoms with Gasteiger partial charge in [-0.15, -0.1) is 0 Å². The maximum Gasteiger partial charge on any atom is 0.167 e. The van der Waals surface area contributed by atoms with E-state index in [-0.39, 0.29) is 11.5 Å². The molecule has 0 saturated carbocycles. The van der Waals surface area contributed by atoms with Gasteiger partial charge >= 0.3 is 0 Å². The number of sulfone groups is 1. The van der Waals surface area contributed by atoms with Crippen LogP contribution in [0.4, 0.5) is 0 Å². The monoisotopic (exact) mass is 407 g/mol. The van der Waals surface area contributed by atoms with E-state index in [4.69, 9.17) is 0 Å². The second-order valence-corrected chi connectivity index (χ2v) is 10.1. The summed E-state index contributed by atoms with van der Waals surface area (Å²) >= 11 is 0. The standard InChI is InChI=1S/C24H25NO3S/c1-18(2)29(27,28)17-22-7-9-23(10-8-22)24(26)16-20-5-3-19(4-6-20)15-21-11-13-25-14-12-21/h3-14,18H,15-17H2,1-2H3. The van der Waals surface area contributed by atoms with Crippen LogP contribution < -0.4 is 0 Å². The second kappa shape index (κ2) is 9.14. The molecule has 0 radical (unpaired) electrons. The molecule has 0 bridgehead atoms. The molecule has 3 aromatic rings. The first kappa shape index (κ1) is 20.9. The van der Waals surface area contributed by atoms with Crippen molar-refractivity contribution in [2.75, 3.05) is 0 Å². The third-order valence-electron chi connectivity index (χ3n) is 4.91. The van der Waals surface area contributed by atoms with Crippen LogP contribution in [0.15, 0.2) is 73.1 Å². The van der Waals surface area contributed by atoms with E-state index in [0.29, 0.717) is 17.5 Å². The average molecular weight is 408 g/mol. The van der Waals surface area contributed by atoms with E-state index >= 15 is 0 Å². The fourth-order valence-electron chi connectivity index (χ4n) is 2.98. The Morgan fingerprint density at radius 2 is 1.31 bits per heavy atom. The lowest BCUT2D eigenvalue weighted by Gasteiger charge is -2.08. The molecular formula is C24H25NO3S. The molecule has 150 valence electrons. The van der Waals surface area contributed by atoms with Crippen molar-refractivity contribution < 1.29 is 13.2 Å². The summed E-state index contributed by atoms with van der Waals surface area (Å²) in [5, 5.41) is -0.412. The molecular weight excluding hydrogens is 382 g/mol. The lowest BCUT2D eigenvalue weighted by molar-refractivity contribution is 0.0993. The van der Waals surface area contributed by atoms with Crippen LogP contribution in [0.2, 0.25) is 0 Å². The lowest BCUT2D eigenvalue weighted by Crippen LogP contribution is -2.16. The number of benzene rings is 2. The van der Waals surface area contributed by atoms with E-state index in [9.17, 15) is 13.2 Å². The Labute approximate surface area is 172 Å². The summed E-state index contributed by atoms with van der Waals surface area (Å²) < 4.78 is 24.1. The number of pyridine rings is 1. The van der Waals surface area contributed by atoms with Crippen molar-refractivity contribution in [1.82, 2.24) is 4.98 Å². The van der Waals surface area contributed by atoms with Gasteiger partial charge in [0.2, 0.25) is 0 Å². The number of aromatic nitrogens is 1. The van der Waals surface area contributed by atoms with Crippen LogP contribution in [-0.2, 0) is 28.4 Å². The van der Waals surface area contributed by atoms with Crippen molar-refractivity contribution in [2.24, 2.45) is 0 Å². The summed E-state index contributed by atoms with van der Waals surface area (Å²) in [6, 6.07) is 18.9. The Kier molecular flexibility index (Phi) is 6.60. The first-order valence-corrected chi connectivity index (χ1v) is 11.4. The zero-order chi connectivity index (χ0) is 20.9. The normalized spacial score (nSPS) is 11.6. The van der Waals surface area contributed by atoms with Gasteiger partial charge < -0.3 is 0 Å². The number of carbonyl (C=O) groups excluding carboxylic acids is 1. The number of hydrogen-bond donors (Lipinski definition) is 0. The minimum atomic E-state index is -3.15. The molecule has 29 heavy (non-hydrogen) atoms. The fraction of sp³-hybridized carbons (Fsp3) is 0.250. The highest BCUT2D eigenvalue weighted by Gasteiger charge is 2.17. The molecule has 4 nitrogen and oxygen atoms in total. The molecule has 0 saturated heterocycles. The van der Waals surface area contributed by atoms with Crippen LogP contribution in [0, 0.1) is 0 Å². The SMILES string of the molecule is CC(C)S(=O)(=O)Cc1ccc(C(=O)Cc2ccc(Cc3ccncc3)cc2)cc1. The maximum atomic E-state index is 12.6. The topological polar surface area (TPSA) is 64.1 Å². The third kappa shape index (κ3) is 5.84. The number of carbonyl (C=O) groups is 1. The second-order valence-electron chi connectivity index (χ2n) is 7.50. The summed E-state index contributed by atoms with van der Waals surface area (Å²) in [5.74, 6) is 0.0167. The Balaban J connectivity index is 1.61. The molecule has 0 aliphatic heterocycles. The summed E-state index contributed by atoms with van der Waals surface area (Å²) in [6.45, 7) is 3.35. The quantitative estimate of drug-likeness (QED) is 0.519. The van der Waals surface area contributed by atoms with Gasteiger partial charge in [0.15, 0.2) is 15.6 Å². The maximum absolute atomic E-state index is 12.6. The Morgan fingerprint density at radius 3 is 1.90 bits per heavy atom. The Bertz CT molecular complexity index is 1060. The molecule has 0 N–H and O–H groups in total. The van der Waals surface area contributed by atoms with Crippen molar-refractivity contribution in [2.45, 2.75) is 37.7 Å². The van der Waals surface area contributed by atoms with Gasteiger partial charge in [0, 0.05) is 24.4 Å². The number of ketones is 1. The van der Waals surface area contributed by atoms with Gasteiger partial charge in [-0.05, 0) is 54.7 Å². The van der Waals surface area contributed by atoms with E-state index in [1.54, 1.807) is 50.5 Å². The van der Waals surface area contributed by atoms with Crippen LogP contribution in [0.3, 0.4) is 0 Å². The van der Waals surface area contributed by atoms with Gasteiger partial charge in [0.25, 0.3) is 0 Å². The molecule has 0 spiro atoms. The van der Waals surface area contributed by atoms with Crippen LogP contribution >= 0.6 is 0 Å². The third-order valence-corrected chi connectivity index (χ3v) is 7.08. The Hall–Kier alpha value is -2.79. The zero-order valence-electron chi connectivity index (χ0n) is 16.7. The minimum absolute atomic E-state index is 0.00191. The molecule has 2 aromatic carbocycles. The van der Waals surface area contributed by atoms with Gasteiger partial charge in [-0.25, -0.2) is 8.42 Å². The van der Waals surface area contributed by atoms with Crippen molar-refractivity contribution in [3.63, 3.8) is 0 Å². The molecule has 1 heterocycles. The number of Topliss-reactive ketones (excluding diaryl/α,β-unsaturated/α-hetero) is 1. The highest BCUT2D eigenvalue weighted by Crippen LogP contribution is 2.15. The fourth-order valence-corrected chi connectivity index (χ4v) is 3.98. The van der Waals surface area contributed by atoms with Gasteiger partial charge in [0.05, 0.1) is 11.0 Å². The molecule has 0 aliphatic rings. The van der Waals surface area contributed by atoms with E-state index in [1.165, 1.54) is 11.1 Å². The molecule has 0 aliphatic carbocycles. The van der Waals surface area contributed by atoms with E-state index < -0.39 is 15.1 Å². The van der Waals surface area contributed by atoms with Gasteiger partial charge in [-0.2, -0.15) is 0 Å². The Morgan fingerprint density at radius 1 is 0.793 bits per heavy atom. The van der Waals surface area contributed by atoms with Gasteiger partial charge in [-0.1, -0.05) is 48.5 Å². The molecule has 1 aromatic heterocycles. The van der Waals surface area contributed by atoms with E-state index in [0.717, 1.165) is 12.0 Å². The van der Waals surface area contributed by atoms with Crippen molar-refractivity contribution in [1.29, 1.82) is 0 Å². The first-order valence-electron chi connectivity index (χ1n) is 9.64. The molecule has 0 amide bonds. The minimum Gasteiger partial charge on any atom is -0.294 e. The highest BCUT2D eigenvalue weighted by atomic mass is 32.2. The predicted octanol–water partition coefficient (Wildman–Crippen LogP) is 4.42. The van der Waals surface area contributed by atoms with Crippen molar-refractivity contribution in [3.8, 4) is 0 Å². The van der Waals surface area contributed by atoms with Crippen molar-refractivity contribution >= 4 is 15.6 Å². The smallest absolute Gasteiger partial charge is 0.167 e. The summed E-state index contributed by atoms with van der Waals surface area (Å²) in [5.41, 5.74) is 4.64. The summed E-state index contributed by atoms with van der Waals surface area (Å²) in [7, 11) is -3.15. The molecule has 0 atom stereocenters. The van der Waals surface area contributed by atoms with Crippen LogP contribution in [-0.4, -0.2) is 24.4 Å². The number of hydrogen-bond acceptors (Lipinski definition) is 4. The van der Waals surface area contributed by atoms with E-state index in [2.05, 4.69) is 4.98 Å². The van der Waals surface area contributed by atoms with Crippen molar-refractivity contribution in [3.05, 3.63) is 101 Å². The summed E-state index contributed by atoms with van der Waals surface area (Å²) in [4.78, 5) is 16.6. The number of nitrogens with zero attached hydrogens (tertiary/aromatic N) is 1. The molecule has 5 heteroatoms.